The van der Waals surface area contributed by atoms with E-state index in [2.05, 4.69) is 17.0 Å². The summed E-state index contributed by atoms with van der Waals surface area (Å²) in [5.41, 5.74) is 3.19. The monoisotopic (exact) mass is 399 g/mol. The van der Waals surface area contributed by atoms with Crippen molar-refractivity contribution in [1.29, 1.82) is 0 Å². The third-order valence-electron chi connectivity index (χ3n) is 5.63. The Morgan fingerprint density at radius 2 is 1.61 bits per heavy atom. The van der Waals surface area contributed by atoms with Crippen molar-refractivity contribution in [2.24, 2.45) is 0 Å². The zero-order valence-electron chi connectivity index (χ0n) is 16.0. The Balaban J connectivity index is 1.50. The van der Waals surface area contributed by atoms with Gasteiger partial charge in [-0.1, -0.05) is 24.3 Å². The van der Waals surface area contributed by atoms with Crippen molar-refractivity contribution in [3.8, 4) is 0 Å². The van der Waals surface area contributed by atoms with Crippen LogP contribution in [-0.2, 0) is 27.8 Å². The van der Waals surface area contributed by atoms with Crippen LogP contribution in [0.1, 0.15) is 18.1 Å². The number of sulfonamides is 1. The topological polar surface area (TPSA) is 60.9 Å². The first-order valence-corrected chi connectivity index (χ1v) is 11.1. The van der Waals surface area contributed by atoms with Gasteiger partial charge in [0.15, 0.2) is 0 Å². The van der Waals surface area contributed by atoms with Crippen molar-refractivity contribution in [2.75, 3.05) is 37.6 Å². The Hall–Kier alpha value is -2.38. The second kappa shape index (κ2) is 7.56. The first-order chi connectivity index (χ1) is 13.4. The molecule has 0 saturated carbocycles. The number of nitrogens with zero attached hydrogens (tertiary/aromatic N) is 3. The first kappa shape index (κ1) is 19.0. The van der Waals surface area contributed by atoms with Gasteiger partial charge in [0.1, 0.15) is 0 Å². The van der Waals surface area contributed by atoms with Gasteiger partial charge in [0.05, 0.1) is 4.90 Å². The second-order valence-corrected chi connectivity index (χ2v) is 9.29. The van der Waals surface area contributed by atoms with Gasteiger partial charge in [-0.15, -0.1) is 0 Å². The minimum absolute atomic E-state index is 0.0240. The van der Waals surface area contributed by atoms with E-state index >= 15 is 0 Å². The number of piperazine rings is 1. The van der Waals surface area contributed by atoms with Gasteiger partial charge >= 0.3 is 0 Å². The molecular weight excluding hydrogens is 374 g/mol. The average molecular weight is 400 g/mol. The number of hydrogen-bond acceptors (Lipinski definition) is 4. The van der Waals surface area contributed by atoms with Crippen LogP contribution in [0.15, 0.2) is 53.4 Å². The van der Waals surface area contributed by atoms with E-state index in [1.807, 2.05) is 24.3 Å². The van der Waals surface area contributed by atoms with Gasteiger partial charge in [-0.3, -0.25) is 4.79 Å². The number of fused-ring (bicyclic) bond motifs is 1. The van der Waals surface area contributed by atoms with Crippen LogP contribution >= 0.6 is 0 Å². The molecule has 6 nitrogen and oxygen atoms in total. The van der Waals surface area contributed by atoms with E-state index in [0.29, 0.717) is 44.2 Å². The summed E-state index contributed by atoms with van der Waals surface area (Å²) in [5, 5.41) is 0. The fourth-order valence-electron chi connectivity index (χ4n) is 3.94. The minimum Gasteiger partial charge on any atom is -0.369 e. The SMILES string of the molecule is CC(=O)N1CCc2ccc(S(=O)(=O)N3CCN(c4ccccc4)CC3)cc2C1. The van der Waals surface area contributed by atoms with E-state index in [4.69, 9.17) is 0 Å². The Bertz CT molecular complexity index is 968. The maximum Gasteiger partial charge on any atom is 0.243 e. The van der Waals surface area contributed by atoms with Crippen LogP contribution in [0.3, 0.4) is 0 Å². The van der Waals surface area contributed by atoms with Crippen LogP contribution in [-0.4, -0.2) is 56.3 Å². The molecule has 2 aliphatic rings. The summed E-state index contributed by atoms with van der Waals surface area (Å²) in [6, 6.07) is 15.4. The number of benzene rings is 2. The van der Waals surface area contributed by atoms with Gasteiger partial charge in [-0.05, 0) is 41.8 Å². The highest BCUT2D eigenvalue weighted by atomic mass is 32.2. The van der Waals surface area contributed by atoms with Crippen LogP contribution in [0.5, 0.6) is 0 Å². The number of rotatable bonds is 3. The fourth-order valence-corrected chi connectivity index (χ4v) is 5.41. The van der Waals surface area contributed by atoms with Crippen molar-refractivity contribution in [3.63, 3.8) is 0 Å². The molecule has 0 unspecified atom stereocenters. The lowest BCUT2D eigenvalue weighted by Crippen LogP contribution is -2.48. The Morgan fingerprint density at radius 1 is 0.893 bits per heavy atom. The zero-order valence-corrected chi connectivity index (χ0v) is 16.9. The van der Waals surface area contributed by atoms with E-state index in [1.54, 1.807) is 28.3 Å². The van der Waals surface area contributed by atoms with E-state index in [9.17, 15) is 13.2 Å². The molecule has 2 aromatic rings. The van der Waals surface area contributed by atoms with Gasteiger partial charge in [-0.25, -0.2) is 8.42 Å². The summed E-state index contributed by atoms with van der Waals surface area (Å²) in [7, 11) is -3.54. The van der Waals surface area contributed by atoms with E-state index in [-0.39, 0.29) is 5.91 Å². The van der Waals surface area contributed by atoms with Gasteiger partial charge in [0.2, 0.25) is 15.9 Å². The highest BCUT2D eigenvalue weighted by Gasteiger charge is 2.30. The van der Waals surface area contributed by atoms with Gasteiger partial charge in [-0.2, -0.15) is 4.31 Å². The molecule has 7 heteroatoms. The summed E-state index contributed by atoms with van der Waals surface area (Å²) in [6.07, 6.45) is 0.769. The molecule has 0 atom stereocenters. The molecule has 0 aromatic heterocycles. The first-order valence-electron chi connectivity index (χ1n) is 9.62. The molecule has 4 rings (SSSR count). The molecule has 2 heterocycles. The lowest BCUT2D eigenvalue weighted by Gasteiger charge is -2.35. The minimum atomic E-state index is -3.54. The number of anilines is 1. The number of hydrogen-bond donors (Lipinski definition) is 0. The molecule has 1 fully saturated rings. The summed E-state index contributed by atoms with van der Waals surface area (Å²) >= 11 is 0. The number of para-hydroxylation sites is 1. The summed E-state index contributed by atoms with van der Waals surface area (Å²) in [6.45, 7) is 5.00. The van der Waals surface area contributed by atoms with Crippen molar-refractivity contribution in [1.82, 2.24) is 9.21 Å². The highest BCUT2D eigenvalue weighted by molar-refractivity contribution is 7.89. The van der Waals surface area contributed by atoms with Crippen LogP contribution in [0, 0.1) is 0 Å². The van der Waals surface area contributed by atoms with E-state index < -0.39 is 10.0 Å². The second-order valence-electron chi connectivity index (χ2n) is 7.35. The molecule has 28 heavy (non-hydrogen) atoms. The standard InChI is InChI=1S/C21H25N3O3S/c1-17(25)23-10-9-18-7-8-21(15-19(18)16-23)28(26,27)24-13-11-22(12-14-24)20-5-3-2-4-6-20/h2-8,15H,9-14,16H2,1H3. The molecule has 2 aromatic carbocycles. The molecule has 0 bridgehead atoms. The molecule has 0 radical (unpaired) electrons. The van der Waals surface area contributed by atoms with E-state index in [0.717, 1.165) is 23.2 Å². The average Bonchev–Trinajstić information content (AvgIpc) is 2.73. The quantitative estimate of drug-likeness (QED) is 0.793. The third kappa shape index (κ3) is 3.64. The van der Waals surface area contributed by atoms with Crippen LogP contribution in [0.2, 0.25) is 0 Å². The van der Waals surface area contributed by atoms with Gasteiger partial charge < -0.3 is 9.80 Å². The highest BCUT2D eigenvalue weighted by Crippen LogP contribution is 2.26. The predicted octanol–water partition coefficient (Wildman–Crippen LogP) is 2.10. The molecule has 148 valence electrons. The summed E-state index contributed by atoms with van der Waals surface area (Å²) in [5.74, 6) is 0.0240. The smallest absolute Gasteiger partial charge is 0.243 e. The maximum absolute atomic E-state index is 13.2. The molecule has 0 spiro atoms. The lowest BCUT2D eigenvalue weighted by atomic mass is 10.00. The molecule has 2 aliphatic heterocycles. The zero-order chi connectivity index (χ0) is 19.7. The molecule has 0 aliphatic carbocycles. The Kier molecular flexibility index (Phi) is 5.12. The molecule has 1 amide bonds. The fraction of sp³-hybridized carbons (Fsp3) is 0.381. The largest absolute Gasteiger partial charge is 0.369 e. The van der Waals surface area contributed by atoms with Crippen LogP contribution in [0.25, 0.3) is 0 Å². The number of carbonyl (C=O) groups is 1. The van der Waals surface area contributed by atoms with Crippen LogP contribution in [0.4, 0.5) is 5.69 Å². The van der Waals surface area contributed by atoms with Crippen molar-refractivity contribution >= 4 is 21.6 Å². The summed E-state index contributed by atoms with van der Waals surface area (Å²) in [4.78, 5) is 16.0. The van der Waals surface area contributed by atoms with Crippen molar-refractivity contribution in [3.05, 3.63) is 59.7 Å². The van der Waals surface area contributed by atoms with Gasteiger partial charge in [0.25, 0.3) is 0 Å². The predicted molar refractivity (Wildman–Crippen MR) is 109 cm³/mol. The summed E-state index contributed by atoms with van der Waals surface area (Å²) < 4.78 is 27.9. The Labute approximate surface area is 166 Å². The normalized spacial score (nSPS) is 18.0. The molecule has 0 N–H and O–H groups in total. The van der Waals surface area contributed by atoms with E-state index in [1.165, 1.54) is 0 Å². The maximum atomic E-state index is 13.2. The third-order valence-corrected chi connectivity index (χ3v) is 7.53. The van der Waals surface area contributed by atoms with Crippen LogP contribution < -0.4 is 4.90 Å². The van der Waals surface area contributed by atoms with Crippen molar-refractivity contribution in [2.45, 2.75) is 24.8 Å². The molecule has 1 saturated heterocycles. The van der Waals surface area contributed by atoms with Crippen molar-refractivity contribution < 1.29 is 13.2 Å². The number of carbonyl (C=O) groups excluding carboxylic acids is 1. The molecular formula is C21H25N3O3S. The Morgan fingerprint density at radius 3 is 2.29 bits per heavy atom. The lowest BCUT2D eigenvalue weighted by molar-refractivity contribution is -0.129. The van der Waals surface area contributed by atoms with Gasteiger partial charge in [0, 0.05) is 51.9 Å². The number of amides is 1.